The Balaban J connectivity index is 2.02. The number of aromatic amines is 1. The summed E-state index contributed by atoms with van der Waals surface area (Å²) < 4.78 is 0. The highest BCUT2D eigenvalue weighted by Crippen LogP contribution is 2.13. The molecule has 0 saturated carbocycles. The summed E-state index contributed by atoms with van der Waals surface area (Å²) in [6, 6.07) is 10.3. The van der Waals surface area contributed by atoms with Crippen molar-refractivity contribution in [2.45, 2.75) is 6.92 Å². The summed E-state index contributed by atoms with van der Waals surface area (Å²) in [6.45, 7) is 1.87. The normalized spacial score (nSPS) is 10.5. The van der Waals surface area contributed by atoms with Crippen molar-refractivity contribution >= 4 is 22.5 Å². The minimum Gasteiger partial charge on any atom is -0.350 e. The monoisotopic (exact) mass is 279 g/mol. The van der Waals surface area contributed by atoms with Crippen LogP contribution >= 0.6 is 0 Å². The Kier molecular flexibility index (Phi) is 3.23. The summed E-state index contributed by atoms with van der Waals surface area (Å²) in [5.41, 5.74) is 2.17. The molecule has 0 fully saturated rings. The third-order valence-electron chi connectivity index (χ3n) is 3.23. The molecule has 0 atom stereocenters. The van der Waals surface area contributed by atoms with E-state index in [-0.39, 0.29) is 17.0 Å². The molecule has 21 heavy (non-hydrogen) atoms. The number of aryl methyl sites for hydroxylation is 1. The van der Waals surface area contributed by atoms with E-state index in [1.165, 1.54) is 6.07 Å². The second-order valence-electron chi connectivity index (χ2n) is 4.74. The molecule has 2 N–H and O–H groups in total. The van der Waals surface area contributed by atoms with Gasteiger partial charge in [0.2, 0.25) is 0 Å². The summed E-state index contributed by atoms with van der Waals surface area (Å²) in [4.78, 5) is 31.3. The molecular weight excluding hydrogens is 266 g/mol. The SMILES string of the molecule is Cc1cccc2[nH]c(C(=O)Nc3cccnc3)cc(=O)c12. The Bertz CT molecular complexity index is 870. The van der Waals surface area contributed by atoms with E-state index < -0.39 is 0 Å². The smallest absolute Gasteiger partial charge is 0.272 e. The van der Waals surface area contributed by atoms with Crippen molar-refractivity contribution in [1.29, 1.82) is 0 Å². The number of hydrogen-bond acceptors (Lipinski definition) is 3. The summed E-state index contributed by atoms with van der Waals surface area (Å²) in [6.07, 6.45) is 3.16. The third kappa shape index (κ3) is 2.53. The second kappa shape index (κ2) is 5.20. The molecular formula is C16H13N3O2. The maximum atomic E-state index is 12.2. The van der Waals surface area contributed by atoms with E-state index in [1.807, 2.05) is 19.1 Å². The number of rotatable bonds is 2. The van der Waals surface area contributed by atoms with Gasteiger partial charge in [0.15, 0.2) is 5.43 Å². The quantitative estimate of drug-likeness (QED) is 0.756. The minimum atomic E-state index is -0.372. The molecule has 0 aliphatic carbocycles. The average Bonchev–Trinajstić information content (AvgIpc) is 2.48. The fourth-order valence-electron chi connectivity index (χ4n) is 2.24. The zero-order chi connectivity index (χ0) is 14.8. The minimum absolute atomic E-state index is 0.168. The Morgan fingerprint density at radius 2 is 2.10 bits per heavy atom. The van der Waals surface area contributed by atoms with Crippen molar-refractivity contribution in [2.75, 3.05) is 5.32 Å². The van der Waals surface area contributed by atoms with Gasteiger partial charge < -0.3 is 10.3 Å². The molecule has 2 aromatic heterocycles. The van der Waals surface area contributed by atoms with Crippen LogP contribution in [0.1, 0.15) is 16.1 Å². The van der Waals surface area contributed by atoms with Crippen molar-refractivity contribution in [2.24, 2.45) is 0 Å². The van der Waals surface area contributed by atoms with E-state index in [0.717, 1.165) is 5.56 Å². The first-order chi connectivity index (χ1) is 10.1. The van der Waals surface area contributed by atoms with Crippen LogP contribution in [0.25, 0.3) is 10.9 Å². The molecule has 0 aliphatic heterocycles. The second-order valence-corrected chi connectivity index (χ2v) is 4.74. The molecule has 0 saturated heterocycles. The number of pyridine rings is 2. The lowest BCUT2D eigenvalue weighted by atomic mass is 10.1. The lowest BCUT2D eigenvalue weighted by molar-refractivity contribution is 0.102. The molecule has 5 nitrogen and oxygen atoms in total. The number of carbonyl (C=O) groups is 1. The van der Waals surface area contributed by atoms with Gasteiger partial charge >= 0.3 is 0 Å². The van der Waals surface area contributed by atoms with Crippen molar-refractivity contribution in [3.8, 4) is 0 Å². The van der Waals surface area contributed by atoms with Gasteiger partial charge in [-0.05, 0) is 30.7 Å². The van der Waals surface area contributed by atoms with Gasteiger partial charge in [0.25, 0.3) is 5.91 Å². The van der Waals surface area contributed by atoms with E-state index in [0.29, 0.717) is 16.6 Å². The summed E-state index contributed by atoms with van der Waals surface area (Å²) in [5.74, 6) is -0.372. The van der Waals surface area contributed by atoms with Crippen molar-refractivity contribution in [3.05, 3.63) is 70.3 Å². The fourth-order valence-corrected chi connectivity index (χ4v) is 2.24. The number of hydrogen-bond donors (Lipinski definition) is 2. The number of carbonyl (C=O) groups excluding carboxylic acids is 1. The number of amides is 1. The largest absolute Gasteiger partial charge is 0.350 e. The highest BCUT2D eigenvalue weighted by Gasteiger charge is 2.11. The number of fused-ring (bicyclic) bond motifs is 1. The molecule has 0 bridgehead atoms. The number of benzene rings is 1. The van der Waals surface area contributed by atoms with Crippen LogP contribution in [0.5, 0.6) is 0 Å². The number of H-pyrrole nitrogens is 1. The number of nitrogens with one attached hydrogen (secondary N) is 2. The first-order valence-electron chi connectivity index (χ1n) is 6.49. The van der Waals surface area contributed by atoms with Gasteiger partial charge in [0.05, 0.1) is 17.4 Å². The summed E-state index contributed by atoms with van der Waals surface area (Å²) in [7, 11) is 0. The van der Waals surface area contributed by atoms with E-state index in [9.17, 15) is 9.59 Å². The van der Waals surface area contributed by atoms with Gasteiger partial charge in [-0.15, -0.1) is 0 Å². The maximum Gasteiger partial charge on any atom is 0.272 e. The van der Waals surface area contributed by atoms with Gasteiger partial charge in [-0.1, -0.05) is 12.1 Å². The predicted octanol–water partition coefficient (Wildman–Crippen LogP) is 2.48. The van der Waals surface area contributed by atoms with Crippen LogP contribution in [-0.4, -0.2) is 15.9 Å². The molecule has 0 aliphatic rings. The lowest BCUT2D eigenvalue weighted by Gasteiger charge is -2.07. The zero-order valence-electron chi connectivity index (χ0n) is 11.4. The van der Waals surface area contributed by atoms with E-state index in [4.69, 9.17) is 0 Å². The Labute approximate surface area is 120 Å². The first-order valence-corrected chi connectivity index (χ1v) is 6.49. The van der Waals surface area contributed by atoms with Crippen molar-refractivity contribution in [1.82, 2.24) is 9.97 Å². The standard InChI is InChI=1S/C16H13N3O2/c1-10-4-2-6-12-15(10)14(20)8-13(19-12)16(21)18-11-5-3-7-17-9-11/h2-9H,1H3,(H,18,21)(H,19,20). The van der Waals surface area contributed by atoms with Crippen molar-refractivity contribution < 1.29 is 4.79 Å². The molecule has 3 rings (SSSR count). The first kappa shape index (κ1) is 13.1. The molecule has 104 valence electrons. The summed E-state index contributed by atoms with van der Waals surface area (Å²) >= 11 is 0. The number of nitrogens with zero attached hydrogens (tertiary/aromatic N) is 1. The highest BCUT2D eigenvalue weighted by molar-refractivity contribution is 6.04. The van der Waals surface area contributed by atoms with E-state index in [2.05, 4.69) is 15.3 Å². The van der Waals surface area contributed by atoms with E-state index in [1.54, 1.807) is 30.6 Å². The molecule has 5 heteroatoms. The van der Waals surface area contributed by atoms with Crippen LogP contribution in [0.4, 0.5) is 5.69 Å². The summed E-state index contributed by atoms with van der Waals surface area (Å²) in [5, 5.41) is 3.30. The molecule has 0 spiro atoms. The molecule has 1 aromatic carbocycles. The van der Waals surface area contributed by atoms with Crippen molar-refractivity contribution in [3.63, 3.8) is 0 Å². The van der Waals surface area contributed by atoms with Gasteiger partial charge in [0.1, 0.15) is 5.69 Å². The van der Waals surface area contributed by atoms with E-state index >= 15 is 0 Å². The Morgan fingerprint density at radius 1 is 1.24 bits per heavy atom. The van der Waals surface area contributed by atoms with Crippen LogP contribution in [0.15, 0.2) is 53.6 Å². The van der Waals surface area contributed by atoms with Crippen LogP contribution in [0.2, 0.25) is 0 Å². The Morgan fingerprint density at radius 3 is 2.86 bits per heavy atom. The lowest BCUT2D eigenvalue weighted by Crippen LogP contribution is -2.17. The number of anilines is 1. The fraction of sp³-hybridized carbons (Fsp3) is 0.0625. The zero-order valence-corrected chi connectivity index (χ0v) is 11.4. The predicted molar refractivity (Wildman–Crippen MR) is 81.5 cm³/mol. The highest BCUT2D eigenvalue weighted by atomic mass is 16.2. The average molecular weight is 279 g/mol. The van der Waals surface area contributed by atoms with Crippen LogP contribution in [0, 0.1) is 6.92 Å². The molecule has 0 radical (unpaired) electrons. The third-order valence-corrected chi connectivity index (χ3v) is 3.23. The van der Waals surface area contributed by atoms with Gasteiger partial charge in [0, 0.05) is 17.6 Å². The van der Waals surface area contributed by atoms with Gasteiger partial charge in [-0.3, -0.25) is 14.6 Å². The van der Waals surface area contributed by atoms with Crippen LogP contribution < -0.4 is 10.7 Å². The van der Waals surface area contributed by atoms with Crippen LogP contribution in [0.3, 0.4) is 0 Å². The molecule has 0 unspecified atom stereocenters. The molecule has 1 amide bonds. The Hall–Kier alpha value is -2.95. The topological polar surface area (TPSA) is 74.8 Å². The van der Waals surface area contributed by atoms with Gasteiger partial charge in [-0.25, -0.2) is 0 Å². The number of aromatic nitrogens is 2. The molecule has 2 heterocycles. The van der Waals surface area contributed by atoms with Gasteiger partial charge in [-0.2, -0.15) is 0 Å². The molecule has 3 aromatic rings. The maximum absolute atomic E-state index is 12.2. The van der Waals surface area contributed by atoms with Crippen LogP contribution in [-0.2, 0) is 0 Å².